The van der Waals surface area contributed by atoms with Crippen molar-refractivity contribution in [1.82, 2.24) is 15.1 Å². The molecule has 1 heterocycles. The van der Waals surface area contributed by atoms with Crippen LogP contribution in [0.2, 0.25) is 0 Å². The van der Waals surface area contributed by atoms with E-state index in [1.54, 1.807) is 19.0 Å². The Morgan fingerprint density at radius 2 is 2.06 bits per heavy atom. The molecule has 0 aromatic heterocycles. The van der Waals surface area contributed by atoms with E-state index in [-0.39, 0.29) is 12.1 Å². The van der Waals surface area contributed by atoms with Gasteiger partial charge in [-0.05, 0) is 32.2 Å². The molecule has 5 heteroatoms. The minimum absolute atomic E-state index is 0.106. The lowest BCUT2D eigenvalue weighted by molar-refractivity contribution is 0.145. The minimum atomic E-state index is -0.187. The lowest BCUT2D eigenvalue weighted by atomic mass is 10.0. The third-order valence-electron chi connectivity index (χ3n) is 3.53. The van der Waals surface area contributed by atoms with E-state index in [4.69, 9.17) is 0 Å². The molecule has 0 aromatic carbocycles. The highest BCUT2D eigenvalue weighted by Crippen LogP contribution is 2.11. The first-order valence-electron chi connectivity index (χ1n) is 6.92. The van der Waals surface area contributed by atoms with E-state index in [1.807, 2.05) is 11.8 Å². The van der Waals surface area contributed by atoms with Gasteiger partial charge in [-0.3, -0.25) is 0 Å². The maximum absolute atomic E-state index is 11.7. The van der Waals surface area contributed by atoms with Gasteiger partial charge in [0, 0.05) is 33.2 Å². The van der Waals surface area contributed by atoms with Crippen molar-refractivity contribution in [2.24, 2.45) is 0 Å². The van der Waals surface area contributed by atoms with Crippen LogP contribution in [0.3, 0.4) is 0 Å². The number of aliphatic hydroxyl groups is 1. The van der Waals surface area contributed by atoms with Crippen LogP contribution in [0, 0.1) is 0 Å². The summed E-state index contributed by atoms with van der Waals surface area (Å²) in [4.78, 5) is 15.3. The van der Waals surface area contributed by atoms with Gasteiger partial charge in [0.2, 0.25) is 0 Å². The third kappa shape index (κ3) is 4.82. The van der Waals surface area contributed by atoms with Crippen LogP contribution in [0.5, 0.6) is 0 Å². The summed E-state index contributed by atoms with van der Waals surface area (Å²) in [6.07, 6.45) is 3.45. The quantitative estimate of drug-likeness (QED) is 0.769. The van der Waals surface area contributed by atoms with Gasteiger partial charge in [0.25, 0.3) is 0 Å². The number of hydrogen-bond donors (Lipinski definition) is 2. The molecule has 1 aliphatic rings. The van der Waals surface area contributed by atoms with Crippen LogP contribution in [-0.2, 0) is 0 Å². The number of urea groups is 1. The number of rotatable bonds is 5. The molecule has 2 N–H and O–H groups in total. The first kappa shape index (κ1) is 15.2. The van der Waals surface area contributed by atoms with Crippen LogP contribution in [-0.4, -0.2) is 66.8 Å². The van der Waals surface area contributed by atoms with Gasteiger partial charge in [-0.15, -0.1) is 0 Å². The van der Waals surface area contributed by atoms with Gasteiger partial charge in [0.1, 0.15) is 0 Å². The Balaban J connectivity index is 2.17. The molecule has 2 amide bonds. The second kappa shape index (κ2) is 7.59. The number of aliphatic hydroxyl groups excluding tert-OH is 1. The molecule has 0 bridgehead atoms. The van der Waals surface area contributed by atoms with Gasteiger partial charge in [0.05, 0.1) is 6.10 Å². The summed E-state index contributed by atoms with van der Waals surface area (Å²) in [6, 6.07) is 0.593. The fourth-order valence-electron chi connectivity index (χ4n) is 2.22. The molecular formula is C13H27N3O2. The van der Waals surface area contributed by atoms with E-state index >= 15 is 0 Å². The molecule has 0 aliphatic carbocycles. The fraction of sp³-hybridized carbons (Fsp3) is 0.923. The summed E-state index contributed by atoms with van der Waals surface area (Å²) in [6.45, 7) is 4.51. The van der Waals surface area contributed by atoms with Crippen molar-refractivity contribution in [3.63, 3.8) is 0 Å². The molecule has 1 unspecified atom stereocenters. The number of carbonyl (C=O) groups is 1. The van der Waals surface area contributed by atoms with Crippen LogP contribution in [0.1, 0.15) is 32.6 Å². The van der Waals surface area contributed by atoms with Gasteiger partial charge < -0.3 is 20.2 Å². The Bertz CT molecular complexity index is 251. The van der Waals surface area contributed by atoms with Crippen molar-refractivity contribution in [3.8, 4) is 0 Å². The first-order valence-corrected chi connectivity index (χ1v) is 6.92. The van der Waals surface area contributed by atoms with E-state index < -0.39 is 0 Å². The Morgan fingerprint density at radius 1 is 1.44 bits per heavy atom. The molecule has 1 aliphatic heterocycles. The van der Waals surface area contributed by atoms with Crippen LogP contribution in [0.15, 0.2) is 0 Å². The molecule has 106 valence electrons. The molecule has 1 atom stereocenters. The lowest BCUT2D eigenvalue weighted by Gasteiger charge is -2.34. The van der Waals surface area contributed by atoms with E-state index in [2.05, 4.69) is 5.32 Å². The number of hydrogen-bond acceptors (Lipinski definition) is 3. The zero-order valence-corrected chi connectivity index (χ0v) is 11.9. The molecule has 5 nitrogen and oxygen atoms in total. The summed E-state index contributed by atoms with van der Waals surface area (Å²) in [5.41, 5.74) is 0. The summed E-state index contributed by atoms with van der Waals surface area (Å²) in [5.74, 6) is 0. The maximum atomic E-state index is 11.7. The molecule has 1 saturated heterocycles. The van der Waals surface area contributed by atoms with Crippen molar-refractivity contribution < 1.29 is 9.90 Å². The van der Waals surface area contributed by atoms with Crippen molar-refractivity contribution in [3.05, 3.63) is 0 Å². The number of nitrogens with one attached hydrogen (secondary N) is 1. The number of amides is 2. The van der Waals surface area contributed by atoms with E-state index in [9.17, 15) is 9.90 Å². The molecule has 18 heavy (non-hydrogen) atoms. The van der Waals surface area contributed by atoms with Gasteiger partial charge in [-0.2, -0.15) is 0 Å². The average molecular weight is 257 g/mol. The number of likely N-dealkylation sites (tertiary alicyclic amines) is 1. The topological polar surface area (TPSA) is 55.8 Å². The molecular weight excluding hydrogens is 230 g/mol. The van der Waals surface area contributed by atoms with Gasteiger partial charge in [0.15, 0.2) is 0 Å². The Morgan fingerprint density at radius 3 is 2.56 bits per heavy atom. The van der Waals surface area contributed by atoms with E-state index in [0.717, 1.165) is 45.3 Å². The van der Waals surface area contributed by atoms with Crippen molar-refractivity contribution >= 4 is 6.03 Å². The summed E-state index contributed by atoms with van der Waals surface area (Å²) in [7, 11) is 3.58. The van der Waals surface area contributed by atoms with E-state index in [0.29, 0.717) is 6.04 Å². The van der Waals surface area contributed by atoms with Gasteiger partial charge >= 0.3 is 6.03 Å². The second-order valence-electron chi connectivity index (χ2n) is 5.24. The molecule has 1 fully saturated rings. The SMILES string of the molecule is CCC(O)CCNC1CCN(C(=O)N(C)C)CC1. The number of carbonyl (C=O) groups excluding carboxylic acids is 1. The predicted molar refractivity (Wildman–Crippen MR) is 72.6 cm³/mol. The highest BCUT2D eigenvalue weighted by Gasteiger charge is 2.23. The average Bonchev–Trinajstić information content (AvgIpc) is 2.38. The van der Waals surface area contributed by atoms with Gasteiger partial charge in [-0.25, -0.2) is 4.79 Å². The van der Waals surface area contributed by atoms with Crippen LogP contribution in [0.4, 0.5) is 4.79 Å². The van der Waals surface area contributed by atoms with Crippen LogP contribution < -0.4 is 5.32 Å². The zero-order chi connectivity index (χ0) is 13.5. The van der Waals surface area contributed by atoms with Crippen LogP contribution >= 0.6 is 0 Å². The maximum Gasteiger partial charge on any atom is 0.319 e. The van der Waals surface area contributed by atoms with Crippen LogP contribution in [0.25, 0.3) is 0 Å². The zero-order valence-electron chi connectivity index (χ0n) is 11.9. The highest BCUT2D eigenvalue weighted by molar-refractivity contribution is 5.73. The first-order chi connectivity index (χ1) is 8.54. The molecule has 0 aromatic rings. The molecule has 0 spiro atoms. The van der Waals surface area contributed by atoms with Crippen molar-refractivity contribution in [1.29, 1.82) is 0 Å². The Kier molecular flexibility index (Phi) is 6.43. The number of nitrogens with zero attached hydrogens (tertiary/aromatic N) is 2. The normalized spacial score (nSPS) is 18.8. The highest BCUT2D eigenvalue weighted by atomic mass is 16.3. The fourth-order valence-corrected chi connectivity index (χ4v) is 2.22. The number of piperidine rings is 1. The Labute approximate surface area is 110 Å². The van der Waals surface area contributed by atoms with Crippen molar-refractivity contribution in [2.45, 2.75) is 44.8 Å². The Hall–Kier alpha value is -0.810. The monoisotopic (exact) mass is 257 g/mol. The lowest BCUT2D eigenvalue weighted by Crippen LogP contribution is -2.48. The van der Waals surface area contributed by atoms with Gasteiger partial charge in [-0.1, -0.05) is 6.92 Å². The summed E-state index contributed by atoms with van der Waals surface area (Å²) in [5, 5.41) is 12.9. The smallest absolute Gasteiger partial charge is 0.319 e. The molecule has 0 saturated carbocycles. The predicted octanol–water partition coefficient (Wildman–Crippen LogP) is 0.883. The third-order valence-corrected chi connectivity index (χ3v) is 3.53. The summed E-state index contributed by atoms with van der Waals surface area (Å²) < 4.78 is 0. The second-order valence-corrected chi connectivity index (χ2v) is 5.24. The largest absolute Gasteiger partial charge is 0.393 e. The van der Waals surface area contributed by atoms with Crippen molar-refractivity contribution in [2.75, 3.05) is 33.7 Å². The van der Waals surface area contributed by atoms with E-state index in [1.165, 1.54) is 0 Å². The minimum Gasteiger partial charge on any atom is -0.393 e. The standard InChI is InChI=1S/C13H27N3O2/c1-4-12(17)5-8-14-11-6-9-16(10-7-11)13(18)15(2)3/h11-12,14,17H,4-10H2,1-3H3. The molecule has 0 radical (unpaired) electrons. The molecule has 1 rings (SSSR count). The summed E-state index contributed by atoms with van der Waals surface area (Å²) >= 11 is 0.